The van der Waals surface area contributed by atoms with Crippen molar-refractivity contribution in [1.29, 1.82) is 5.26 Å². The van der Waals surface area contributed by atoms with E-state index in [2.05, 4.69) is 20.8 Å². The molecule has 1 saturated heterocycles. The minimum absolute atomic E-state index is 0.169. The third-order valence-corrected chi connectivity index (χ3v) is 7.29. The number of halogens is 2. The first kappa shape index (κ1) is 25.4. The summed E-state index contributed by atoms with van der Waals surface area (Å²) in [4.78, 5) is 24.9. The first-order valence-corrected chi connectivity index (χ1v) is 11.8. The number of nitrogens with two attached hydrogens (primary N) is 1. The molecule has 7 nitrogen and oxygen atoms in total. The Bertz CT molecular complexity index is 1170. The van der Waals surface area contributed by atoms with Crippen LogP contribution in [0.1, 0.15) is 41.7 Å². The predicted octanol–water partition coefficient (Wildman–Crippen LogP) is 4.19. The molecule has 3 rings (SSSR count). The SMILES string of the molecule is [C-]#[N+]c1c(N2CCC(N(C)C)CC2)nc(SC(C(N)=O)c2ccc(F)c(F)c2)c(C#N)c1CC. The molecule has 0 radical (unpaired) electrons. The van der Waals surface area contributed by atoms with Crippen molar-refractivity contribution < 1.29 is 13.6 Å². The highest BCUT2D eigenvalue weighted by Gasteiger charge is 2.29. The molecule has 1 aromatic carbocycles. The Morgan fingerprint density at radius 1 is 1.38 bits per heavy atom. The van der Waals surface area contributed by atoms with Gasteiger partial charge in [0.15, 0.2) is 11.6 Å². The molecule has 2 heterocycles. The first-order valence-electron chi connectivity index (χ1n) is 10.9. The van der Waals surface area contributed by atoms with Gasteiger partial charge in [0.1, 0.15) is 22.2 Å². The van der Waals surface area contributed by atoms with E-state index < -0.39 is 22.8 Å². The Kier molecular flexibility index (Phi) is 8.08. The molecule has 2 aromatic rings. The van der Waals surface area contributed by atoms with Crippen molar-refractivity contribution in [3.63, 3.8) is 0 Å². The van der Waals surface area contributed by atoms with Crippen LogP contribution in [0, 0.1) is 29.5 Å². The summed E-state index contributed by atoms with van der Waals surface area (Å²) in [6.07, 6.45) is 2.22. The minimum atomic E-state index is -1.10. The highest BCUT2D eigenvalue weighted by Crippen LogP contribution is 2.43. The van der Waals surface area contributed by atoms with E-state index in [4.69, 9.17) is 12.3 Å². The van der Waals surface area contributed by atoms with Gasteiger partial charge in [-0.15, -0.1) is 0 Å². The van der Waals surface area contributed by atoms with Crippen LogP contribution in [0.2, 0.25) is 0 Å². The van der Waals surface area contributed by atoms with Gasteiger partial charge in [-0.2, -0.15) is 5.26 Å². The lowest BCUT2D eigenvalue weighted by atomic mass is 10.0. The van der Waals surface area contributed by atoms with E-state index in [1.165, 1.54) is 6.07 Å². The summed E-state index contributed by atoms with van der Waals surface area (Å²) >= 11 is 0.913. The molecule has 34 heavy (non-hydrogen) atoms. The second-order valence-electron chi connectivity index (χ2n) is 8.28. The summed E-state index contributed by atoms with van der Waals surface area (Å²) in [5.41, 5.74) is 6.84. The number of nitriles is 1. The molecule has 1 aliphatic heterocycles. The third kappa shape index (κ3) is 5.14. The van der Waals surface area contributed by atoms with Crippen LogP contribution in [-0.4, -0.2) is 49.0 Å². The van der Waals surface area contributed by atoms with Gasteiger partial charge < -0.3 is 15.5 Å². The number of aromatic nitrogens is 1. The Hall–Kier alpha value is -3.21. The second kappa shape index (κ2) is 10.8. The fourth-order valence-electron chi connectivity index (χ4n) is 4.14. The van der Waals surface area contributed by atoms with Gasteiger partial charge in [-0.3, -0.25) is 4.79 Å². The van der Waals surface area contributed by atoms with E-state index in [-0.39, 0.29) is 16.2 Å². The number of hydrogen-bond donors (Lipinski definition) is 1. The average Bonchev–Trinajstić information content (AvgIpc) is 2.83. The summed E-state index contributed by atoms with van der Waals surface area (Å²) < 4.78 is 27.3. The van der Waals surface area contributed by atoms with Crippen LogP contribution >= 0.6 is 11.8 Å². The van der Waals surface area contributed by atoms with Crippen LogP contribution in [0.15, 0.2) is 23.2 Å². The topological polar surface area (TPSA) is 90.6 Å². The lowest BCUT2D eigenvalue weighted by molar-refractivity contribution is -0.117. The number of anilines is 1. The number of nitrogens with zero attached hydrogens (tertiary/aromatic N) is 5. The maximum absolute atomic E-state index is 13.9. The van der Waals surface area contributed by atoms with Crippen LogP contribution in [0.4, 0.5) is 20.3 Å². The van der Waals surface area contributed by atoms with Gasteiger partial charge in [0, 0.05) is 19.1 Å². The molecule has 1 amide bonds. The van der Waals surface area contributed by atoms with Crippen molar-refractivity contribution in [3.05, 3.63) is 57.9 Å². The van der Waals surface area contributed by atoms with Gasteiger partial charge in [-0.1, -0.05) is 24.8 Å². The highest BCUT2D eigenvalue weighted by molar-refractivity contribution is 8.00. The third-order valence-electron chi connectivity index (χ3n) is 6.03. The number of primary amides is 1. The van der Waals surface area contributed by atoms with Crippen LogP contribution < -0.4 is 10.6 Å². The number of thioether (sulfide) groups is 1. The molecule has 1 atom stereocenters. The van der Waals surface area contributed by atoms with Gasteiger partial charge in [0.25, 0.3) is 0 Å². The quantitative estimate of drug-likeness (QED) is 0.468. The number of pyridine rings is 1. The van der Waals surface area contributed by atoms with E-state index in [9.17, 15) is 18.8 Å². The van der Waals surface area contributed by atoms with Gasteiger partial charge >= 0.3 is 0 Å². The predicted molar refractivity (Wildman–Crippen MR) is 128 cm³/mol. The van der Waals surface area contributed by atoms with Crippen molar-refractivity contribution in [2.24, 2.45) is 5.73 Å². The van der Waals surface area contributed by atoms with E-state index >= 15 is 0 Å². The maximum atomic E-state index is 13.9. The molecule has 2 N–H and O–H groups in total. The van der Waals surface area contributed by atoms with Gasteiger partial charge in [-0.05, 0) is 56.6 Å². The summed E-state index contributed by atoms with van der Waals surface area (Å²) in [6, 6.07) is 5.69. The van der Waals surface area contributed by atoms with Crippen molar-refractivity contribution in [3.8, 4) is 6.07 Å². The van der Waals surface area contributed by atoms with Crippen LogP contribution in [0.5, 0.6) is 0 Å². The minimum Gasteiger partial charge on any atom is -0.368 e. The molecular weight excluding hydrogens is 458 g/mol. The lowest BCUT2D eigenvalue weighted by Crippen LogP contribution is -2.42. The second-order valence-corrected chi connectivity index (χ2v) is 9.37. The zero-order chi connectivity index (χ0) is 25.0. The fourth-order valence-corrected chi connectivity index (χ4v) is 5.19. The number of carbonyl (C=O) groups is 1. The van der Waals surface area contributed by atoms with Crippen molar-refractivity contribution in [1.82, 2.24) is 9.88 Å². The monoisotopic (exact) mass is 484 g/mol. The van der Waals surface area contributed by atoms with E-state index in [1.54, 1.807) is 0 Å². The van der Waals surface area contributed by atoms with Gasteiger partial charge in [0.2, 0.25) is 11.6 Å². The molecule has 1 aromatic heterocycles. The molecular formula is C24H26F2N6OS. The zero-order valence-corrected chi connectivity index (χ0v) is 20.1. The Balaban J connectivity index is 2.08. The van der Waals surface area contributed by atoms with Gasteiger partial charge in [-0.25, -0.2) is 18.6 Å². The summed E-state index contributed by atoms with van der Waals surface area (Å²) in [5.74, 6) is -2.44. The largest absolute Gasteiger partial charge is 0.368 e. The van der Waals surface area contributed by atoms with Crippen LogP contribution in [0.3, 0.4) is 0 Å². The number of carbonyl (C=O) groups excluding carboxylic acids is 1. The summed E-state index contributed by atoms with van der Waals surface area (Å²) in [5, 5.41) is 9.05. The number of piperidine rings is 1. The highest BCUT2D eigenvalue weighted by atomic mass is 32.2. The molecule has 1 unspecified atom stereocenters. The van der Waals surface area contributed by atoms with Crippen LogP contribution in [-0.2, 0) is 11.2 Å². The van der Waals surface area contributed by atoms with Crippen LogP contribution in [0.25, 0.3) is 4.85 Å². The summed E-state index contributed by atoms with van der Waals surface area (Å²) in [6.45, 7) is 11.0. The standard InChI is InChI=1S/C24H26F2N6OS/c1-5-16-17(13-27)24(34-21(22(28)33)14-6-7-18(25)19(26)12-14)30-23(20(16)29-2)32-10-8-15(9-11-32)31(3)4/h6-7,12,15,21H,5,8-11H2,1,3-4H3,(H2,28,33). The number of amides is 1. The van der Waals surface area contributed by atoms with Crippen molar-refractivity contribution >= 4 is 29.2 Å². The van der Waals surface area contributed by atoms with E-state index in [1.807, 2.05) is 25.9 Å². The number of hydrogen-bond acceptors (Lipinski definition) is 6. The summed E-state index contributed by atoms with van der Waals surface area (Å²) in [7, 11) is 4.08. The number of benzene rings is 1. The smallest absolute Gasteiger partial charge is 0.235 e. The molecule has 10 heteroatoms. The maximum Gasteiger partial charge on any atom is 0.235 e. The van der Waals surface area contributed by atoms with Crippen molar-refractivity contribution in [2.45, 2.75) is 42.5 Å². The Morgan fingerprint density at radius 3 is 2.56 bits per heavy atom. The molecule has 0 bridgehead atoms. The Labute approximate surface area is 202 Å². The van der Waals surface area contributed by atoms with E-state index in [0.717, 1.165) is 36.7 Å². The molecule has 1 aliphatic rings. The van der Waals surface area contributed by atoms with Crippen molar-refractivity contribution in [2.75, 3.05) is 32.1 Å². The first-order chi connectivity index (χ1) is 16.2. The lowest BCUT2D eigenvalue weighted by Gasteiger charge is -2.36. The van der Waals surface area contributed by atoms with E-state index in [0.29, 0.717) is 42.6 Å². The fraction of sp³-hybridized carbons (Fsp3) is 0.417. The Morgan fingerprint density at radius 2 is 2.06 bits per heavy atom. The zero-order valence-electron chi connectivity index (χ0n) is 19.3. The number of rotatable bonds is 7. The molecule has 0 saturated carbocycles. The average molecular weight is 485 g/mol. The molecule has 0 aliphatic carbocycles. The van der Waals surface area contributed by atoms with Gasteiger partial charge in [0.05, 0.1) is 12.1 Å². The molecule has 178 valence electrons. The molecule has 1 fully saturated rings. The normalized spacial score (nSPS) is 15.1. The molecule has 0 spiro atoms.